The van der Waals surface area contributed by atoms with Crippen LogP contribution in [0.3, 0.4) is 0 Å². The van der Waals surface area contributed by atoms with Crippen LogP contribution in [-0.4, -0.2) is 34.4 Å². The minimum absolute atomic E-state index is 0.00696. The molecule has 0 unspecified atom stereocenters. The third-order valence-corrected chi connectivity index (χ3v) is 4.41. The number of nitrogens with zero attached hydrogens (tertiary/aromatic N) is 2. The van der Waals surface area contributed by atoms with Crippen molar-refractivity contribution in [2.24, 2.45) is 0 Å². The maximum absolute atomic E-state index is 12.4. The number of hydrogen-bond acceptors (Lipinski definition) is 6. The van der Waals surface area contributed by atoms with Crippen molar-refractivity contribution in [1.82, 2.24) is 9.78 Å². The van der Waals surface area contributed by atoms with Gasteiger partial charge in [0.25, 0.3) is 5.91 Å². The number of rotatable bonds is 8. The molecule has 0 saturated carbocycles. The second kappa shape index (κ2) is 9.69. The lowest BCUT2D eigenvalue weighted by molar-refractivity contribution is -0.153. The van der Waals surface area contributed by atoms with E-state index in [1.807, 2.05) is 6.92 Å². The number of aryl methyl sites for hydroxylation is 1. The van der Waals surface area contributed by atoms with E-state index in [4.69, 9.17) is 9.47 Å². The fourth-order valence-electron chi connectivity index (χ4n) is 2.93. The maximum atomic E-state index is 12.4. The normalized spacial score (nSPS) is 11.7. The van der Waals surface area contributed by atoms with E-state index in [9.17, 15) is 14.4 Å². The van der Waals surface area contributed by atoms with Crippen molar-refractivity contribution in [3.63, 3.8) is 0 Å². The summed E-state index contributed by atoms with van der Waals surface area (Å²) in [4.78, 5) is 36.5. The largest absolute Gasteiger partial charge is 0.492 e. The summed E-state index contributed by atoms with van der Waals surface area (Å²) in [6.07, 6.45) is 0.248. The average Bonchev–Trinajstić information content (AvgIpc) is 2.75. The van der Waals surface area contributed by atoms with Gasteiger partial charge in [-0.1, -0.05) is 24.3 Å². The number of amides is 1. The van der Waals surface area contributed by atoms with Crippen LogP contribution < -0.4 is 15.5 Å². The van der Waals surface area contributed by atoms with E-state index < -0.39 is 18.0 Å². The monoisotopic (exact) mass is 409 g/mol. The number of anilines is 1. The lowest BCUT2D eigenvalue weighted by Crippen LogP contribution is -2.30. The van der Waals surface area contributed by atoms with E-state index in [2.05, 4.69) is 10.4 Å². The molecule has 2 aromatic carbocycles. The van der Waals surface area contributed by atoms with Gasteiger partial charge in [0.05, 0.1) is 37.0 Å². The highest BCUT2D eigenvalue weighted by Crippen LogP contribution is 2.24. The van der Waals surface area contributed by atoms with Crippen LogP contribution >= 0.6 is 0 Å². The molecule has 8 heteroatoms. The summed E-state index contributed by atoms with van der Waals surface area (Å²) in [5.74, 6) is -0.453. The zero-order valence-electron chi connectivity index (χ0n) is 16.8. The molecule has 0 spiro atoms. The number of carbonyl (C=O) groups excluding carboxylic acids is 2. The fourth-order valence-corrected chi connectivity index (χ4v) is 2.93. The first-order valence-corrected chi connectivity index (χ1v) is 9.66. The highest BCUT2D eigenvalue weighted by Gasteiger charge is 2.19. The first kappa shape index (κ1) is 21.0. The number of benzene rings is 2. The number of para-hydroxylation sites is 3. The van der Waals surface area contributed by atoms with Crippen molar-refractivity contribution in [3.05, 3.63) is 65.0 Å². The van der Waals surface area contributed by atoms with Gasteiger partial charge in [-0.05, 0) is 38.1 Å². The second-order valence-corrected chi connectivity index (χ2v) is 6.55. The lowest BCUT2D eigenvalue weighted by Gasteiger charge is -2.16. The van der Waals surface area contributed by atoms with Crippen LogP contribution in [-0.2, 0) is 20.9 Å². The molecule has 3 aromatic rings. The molecule has 1 amide bonds. The van der Waals surface area contributed by atoms with Gasteiger partial charge < -0.3 is 14.8 Å². The van der Waals surface area contributed by atoms with Gasteiger partial charge >= 0.3 is 5.97 Å². The first-order chi connectivity index (χ1) is 14.5. The van der Waals surface area contributed by atoms with Crippen LogP contribution in [0.2, 0.25) is 0 Å². The van der Waals surface area contributed by atoms with Gasteiger partial charge in [-0.25, -0.2) is 0 Å². The number of carbonyl (C=O) groups is 2. The molecule has 0 aliphatic rings. The number of nitrogens with one attached hydrogen (secondary N) is 1. The van der Waals surface area contributed by atoms with Crippen LogP contribution in [0.25, 0.3) is 10.9 Å². The molecule has 1 atom stereocenters. The Morgan fingerprint density at radius 2 is 1.87 bits per heavy atom. The maximum Gasteiger partial charge on any atom is 0.308 e. The smallest absolute Gasteiger partial charge is 0.308 e. The topological polar surface area (TPSA) is 99.5 Å². The van der Waals surface area contributed by atoms with Gasteiger partial charge in [0, 0.05) is 5.39 Å². The number of fused-ring (bicyclic) bond motifs is 1. The molecule has 8 nitrogen and oxygen atoms in total. The summed E-state index contributed by atoms with van der Waals surface area (Å²) in [5.41, 5.74) is 0.967. The van der Waals surface area contributed by atoms with Crippen LogP contribution in [0.15, 0.2) is 59.5 Å². The summed E-state index contributed by atoms with van der Waals surface area (Å²) in [6.45, 7) is 4.04. The zero-order valence-corrected chi connectivity index (χ0v) is 16.8. The fraction of sp³-hybridized carbons (Fsp3) is 0.273. The molecule has 0 bridgehead atoms. The highest BCUT2D eigenvalue weighted by molar-refractivity contribution is 5.96. The predicted molar refractivity (Wildman–Crippen MR) is 112 cm³/mol. The molecule has 3 rings (SSSR count). The summed E-state index contributed by atoms with van der Waals surface area (Å²) >= 11 is 0. The summed E-state index contributed by atoms with van der Waals surface area (Å²) in [7, 11) is 0. The Labute approximate surface area is 173 Å². The van der Waals surface area contributed by atoms with Gasteiger partial charge in [-0.2, -0.15) is 5.10 Å². The predicted octanol–water partition coefficient (Wildman–Crippen LogP) is 2.76. The number of hydrogen-bond donors (Lipinski definition) is 1. The Morgan fingerprint density at radius 3 is 2.67 bits per heavy atom. The Morgan fingerprint density at radius 1 is 1.13 bits per heavy atom. The van der Waals surface area contributed by atoms with Crippen molar-refractivity contribution in [2.45, 2.75) is 32.9 Å². The number of esters is 1. The standard InChI is InChI=1S/C22H23N3O5/c1-3-29-20-11-7-5-9-17(20)24-22(28)15(2)30-21(27)12-13-25-18-10-6-4-8-16(18)19(26)14-23-25/h4-11,14-15H,3,12-13H2,1-2H3,(H,24,28)/t15-/m0/s1. The van der Waals surface area contributed by atoms with Gasteiger partial charge in [0.2, 0.25) is 5.43 Å². The summed E-state index contributed by atoms with van der Waals surface area (Å²) in [5, 5.41) is 7.32. The van der Waals surface area contributed by atoms with Gasteiger partial charge in [0.1, 0.15) is 5.75 Å². The van der Waals surface area contributed by atoms with E-state index in [0.29, 0.717) is 28.9 Å². The van der Waals surface area contributed by atoms with Gasteiger partial charge in [0.15, 0.2) is 6.10 Å². The third-order valence-electron chi connectivity index (χ3n) is 4.41. The van der Waals surface area contributed by atoms with Crippen molar-refractivity contribution < 1.29 is 19.1 Å². The molecule has 0 saturated heterocycles. The van der Waals surface area contributed by atoms with E-state index in [0.717, 1.165) is 0 Å². The van der Waals surface area contributed by atoms with Crippen LogP contribution in [0.5, 0.6) is 5.75 Å². The molecule has 1 aromatic heterocycles. The van der Waals surface area contributed by atoms with E-state index in [1.54, 1.807) is 53.2 Å². The van der Waals surface area contributed by atoms with Crippen molar-refractivity contribution in [3.8, 4) is 5.75 Å². The summed E-state index contributed by atoms with van der Waals surface area (Å²) in [6, 6.07) is 14.1. The number of aromatic nitrogens is 2. The van der Waals surface area contributed by atoms with Crippen LogP contribution in [0.4, 0.5) is 5.69 Å². The Bertz CT molecular complexity index is 1110. The van der Waals surface area contributed by atoms with E-state index in [1.165, 1.54) is 13.1 Å². The lowest BCUT2D eigenvalue weighted by atomic mass is 10.2. The van der Waals surface area contributed by atoms with Crippen LogP contribution in [0.1, 0.15) is 20.3 Å². The molecule has 1 N–H and O–H groups in total. The molecule has 0 fully saturated rings. The third kappa shape index (κ3) is 5.02. The molecular weight excluding hydrogens is 386 g/mol. The van der Waals surface area contributed by atoms with Crippen molar-refractivity contribution >= 4 is 28.5 Å². The molecule has 156 valence electrons. The van der Waals surface area contributed by atoms with Crippen molar-refractivity contribution in [1.29, 1.82) is 0 Å². The Hall–Kier alpha value is -3.68. The van der Waals surface area contributed by atoms with E-state index >= 15 is 0 Å². The zero-order chi connectivity index (χ0) is 21.5. The van der Waals surface area contributed by atoms with Crippen LogP contribution in [0, 0.1) is 0 Å². The molecule has 30 heavy (non-hydrogen) atoms. The minimum Gasteiger partial charge on any atom is -0.492 e. The van der Waals surface area contributed by atoms with Gasteiger partial charge in [-0.15, -0.1) is 0 Å². The average molecular weight is 409 g/mol. The number of ether oxygens (including phenoxy) is 2. The van der Waals surface area contributed by atoms with E-state index in [-0.39, 0.29) is 18.4 Å². The first-order valence-electron chi connectivity index (χ1n) is 9.66. The van der Waals surface area contributed by atoms with Gasteiger partial charge in [-0.3, -0.25) is 19.1 Å². The quantitative estimate of drug-likeness (QED) is 0.575. The molecule has 0 aliphatic carbocycles. The molecule has 0 radical (unpaired) electrons. The van der Waals surface area contributed by atoms with Crippen molar-refractivity contribution in [2.75, 3.05) is 11.9 Å². The summed E-state index contributed by atoms with van der Waals surface area (Å²) < 4.78 is 12.3. The Kier molecular flexibility index (Phi) is 6.79. The second-order valence-electron chi connectivity index (χ2n) is 6.55. The molecule has 1 heterocycles. The Balaban J connectivity index is 1.58. The molecule has 0 aliphatic heterocycles. The minimum atomic E-state index is -0.981. The highest BCUT2D eigenvalue weighted by atomic mass is 16.5. The molecular formula is C22H23N3O5. The SMILES string of the molecule is CCOc1ccccc1NC(=O)[C@H](C)OC(=O)CCn1ncc(=O)c2ccccc21.